The van der Waals surface area contributed by atoms with Gasteiger partial charge in [0.05, 0.1) is 12.1 Å². The van der Waals surface area contributed by atoms with Crippen LogP contribution in [0.1, 0.15) is 11.1 Å². The Balaban J connectivity index is 1.54. The number of aromatic nitrogens is 2. The van der Waals surface area contributed by atoms with Gasteiger partial charge in [0.1, 0.15) is 0 Å². The molecule has 0 amide bonds. The lowest BCUT2D eigenvalue weighted by atomic mass is 10.0. The molecule has 0 atom stereocenters. The number of rotatable bonds is 6. The predicted molar refractivity (Wildman–Crippen MR) is 90.8 cm³/mol. The number of hydrogen-bond acceptors (Lipinski definition) is 2. The van der Waals surface area contributed by atoms with E-state index in [2.05, 4.69) is 10.4 Å². The second kappa shape index (κ2) is 7.53. The fourth-order valence-corrected chi connectivity index (χ4v) is 2.53. The van der Waals surface area contributed by atoms with Gasteiger partial charge in [-0.2, -0.15) is 18.3 Å². The summed E-state index contributed by atoms with van der Waals surface area (Å²) >= 11 is 0. The zero-order valence-electron chi connectivity index (χ0n) is 13.5. The average Bonchev–Trinajstić information content (AvgIpc) is 3.12. The highest BCUT2D eigenvalue weighted by atomic mass is 19.4. The van der Waals surface area contributed by atoms with Gasteiger partial charge in [-0.25, -0.2) is 0 Å². The van der Waals surface area contributed by atoms with Crippen LogP contribution >= 0.6 is 0 Å². The summed E-state index contributed by atoms with van der Waals surface area (Å²) < 4.78 is 39.7. The van der Waals surface area contributed by atoms with Gasteiger partial charge in [0, 0.05) is 25.5 Å². The summed E-state index contributed by atoms with van der Waals surface area (Å²) in [6, 6.07) is 14.9. The van der Waals surface area contributed by atoms with Gasteiger partial charge in [0.15, 0.2) is 0 Å². The van der Waals surface area contributed by atoms with Crippen LogP contribution < -0.4 is 5.32 Å². The lowest BCUT2D eigenvalue weighted by molar-refractivity contribution is -0.137. The minimum absolute atomic E-state index is 0.630. The SMILES string of the molecule is FC(F)(F)c1ccc(-c2ccc(CNCCn3cccn3)cc2)cc1. The Labute approximate surface area is 144 Å². The van der Waals surface area contributed by atoms with E-state index >= 15 is 0 Å². The molecule has 0 aliphatic heterocycles. The lowest BCUT2D eigenvalue weighted by Gasteiger charge is -2.09. The highest BCUT2D eigenvalue weighted by Gasteiger charge is 2.29. The van der Waals surface area contributed by atoms with Gasteiger partial charge in [-0.05, 0) is 34.9 Å². The zero-order valence-corrected chi connectivity index (χ0v) is 13.5. The van der Waals surface area contributed by atoms with E-state index in [4.69, 9.17) is 0 Å². The molecular weight excluding hydrogens is 327 g/mol. The van der Waals surface area contributed by atoms with Crippen molar-refractivity contribution in [1.82, 2.24) is 15.1 Å². The molecule has 6 heteroatoms. The van der Waals surface area contributed by atoms with Crippen LogP contribution in [0.15, 0.2) is 67.0 Å². The maximum Gasteiger partial charge on any atom is 0.416 e. The predicted octanol–water partition coefficient (Wildman–Crippen LogP) is 4.36. The van der Waals surface area contributed by atoms with E-state index in [1.165, 1.54) is 12.1 Å². The van der Waals surface area contributed by atoms with Crippen molar-refractivity contribution in [1.29, 1.82) is 0 Å². The second-order valence-electron chi connectivity index (χ2n) is 5.72. The number of hydrogen-bond donors (Lipinski definition) is 1. The molecule has 2 aromatic carbocycles. The molecule has 0 aliphatic rings. The molecular formula is C19H18F3N3. The van der Waals surface area contributed by atoms with Gasteiger partial charge in [-0.1, -0.05) is 36.4 Å². The van der Waals surface area contributed by atoms with Crippen molar-refractivity contribution in [3.05, 3.63) is 78.1 Å². The molecule has 25 heavy (non-hydrogen) atoms. The van der Waals surface area contributed by atoms with Crippen LogP contribution in [0.25, 0.3) is 11.1 Å². The third-order valence-corrected chi connectivity index (χ3v) is 3.91. The molecule has 3 aromatic rings. The Bertz CT molecular complexity index is 776. The summed E-state index contributed by atoms with van der Waals surface area (Å²) in [5.74, 6) is 0. The third-order valence-electron chi connectivity index (χ3n) is 3.91. The number of halogens is 3. The fourth-order valence-electron chi connectivity index (χ4n) is 2.53. The highest BCUT2D eigenvalue weighted by molar-refractivity contribution is 5.64. The smallest absolute Gasteiger partial charge is 0.311 e. The summed E-state index contributed by atoms with van der Waals surface area (Å²) in [6.07, 6.45) is -0.634. The third kappa shape index (κ3) is 4.70. The topological polar surface area (TPSA) is 29.9 Å². The summed E-state index contributed by atoms with van der Waals surface area (Å²) in [4.78, 5) is 0. The van der Waals surface area contributed by atoms with Gasteiger partial charge >= 0.3 is 6.18 Å². The highest BCUT2D eigenvalue weighted by Crippen LogP contribution is 2.31. The van der Waals surface area contributed by atoms with Crippen molar-refractivity contribution in [2.75, 3.05) is 6.54 Å². The summed E-state index contributed by atoms with van der Waals surface area (Å²) in [5.41, 5.74) is 2.16. The molecule has 0 fully saturated rings. The van der Waals surface area contributed by atoms with E-state index in [0.717, 1.165) is 48.5 Å². The summed E-state index contributed by atoms with van der Waals surface area (Å²) in [7, 11) is 0. The lowest BCUT2D eigenvalue weighted by Crippen LogP contribution is -2.19. The normalized spacial score (nSPS) is 11.6. The first-order valence-corrected chi connectivity index (χ1v) is 7.97. The minimum Gasteiger partial charge on any atom is -0.311 e. The van der Waals surface area contributed by atoms with E-state index in [-0.39, 0.29) is 0 Å². The molecule has 0 saturated heterocycles. The molecule has 3 rings (SSSR count). The molecule has 3 nitrogen and oxygen atoms in total. The second-order valence-corrected chi connectivity index (χ2v) is 5.72. The van der Waals surface area contributed by atoms with Crippen LogP contribution in [0.4, 0.5) is 13.2 Å². The maximum atomic E-state index is 12.6. The monoisotopic (exact) mass is 345 g/mol. The van der Waals surface area contributed by atoms with Gasteiger partial charge in [0.25, 0.3) is 0 Å². The first-order valence-electron chi connectivity index (χ1n) is 7.97. The molecule has 0 unspecified atom stereocenters. The molecule has 0 saturated carbocycles. The van der Waals surface area contributed by atoms with Gasteiger partial charge in [-0.15, -0.1) is 0 Å². The Morgan fingerprint density at radius 2 is 1.56 bits per heavy atom. The molecule has 0 aliphatic carbocycles. The zero-order chi connectivity index (χ0) is 17.7. The maximum absolute atomic E-state index is 12.6. The van der Waals surface area contributed by atoms with Crippen molar-refractivity contribution in [2.45, 2.75) is 19.3 Å². The fraction of sp³-hybridized carbons (Fsp3) is 0.211. The number of benzene rings is 2. The molecule has 1 aromatic heterocycles. The van der Waals surface area contributed by atoms with Crippen LogP contribution in [0, 0.1) is 0 Å². The van der Waals surface area contributed by atoms with Gasteiger partial charge in [-0.3, -0.25) is 4.68 Å². The number of nitrogens with zero attached hydrogens (tertiary/aromatic N) is 2. The van der Waals surface area contributed by atoms with E-state index < -0.39 is 11.7 Å². The number of alkyl halides is 3. The Kier molecular flexibility index (Phi) is 5.19. The molecule has 1 heterocycles. The van der Waals surface area contributed by atoms with E-state index in [1.54, 1.807) is 6.20 Å². The Hall–Kier alpha value is -2.60. The van der Waals surface area contributed by atoms with E-state index in [1.807, 2.05) is 41.2 Å². The van der Waals surface area contributed by atoms with E-state index in [0.29, 0.717) is 0 Å². The van der Waals surface area contributed by atoms with Crippen LogP contribution in [0.5, 0.6) is 0 Å². The van der Waals surface area contributed by atoms with Gasteiger partial charge in [0.2, 0.25) is 0 Å². The summed E-state index contributed by atoms with van der Waals surface area (Å²) in [5, 5.41) is 7.47. The largest absolute Gasteiger partial charge is 0.416 e. The molecule has 0 bridgehead atoms. The van der Waals surface area contributed by atoms with Crippen molar-refractivity contribution < 1.29 is 13.2 Å². The minimum atomic E-state index is -4.30. The first-order chi connectivity index (χ1) is 12.0. The Morgan fingerprint density at radius 3 is 2.12 bits per heavy atom. The van der Waals surface area contributed by atoms with Crippen LogP contribution in [-0.4, -0.2) is 16.3 Å². The van der Waals surface area contributed by atoms with Crippen LogP contribution in [-0.2, 0) is 19.3 Å². The molecule has 1 N–H and O–H groups in total. The van der Waals surface area contributed by atoms with E-state index in [9.17, 15) is 13.2 Å². The summed E-state index contributed by atoms with van der Waals surface area (Å²) in [6.45, 7) is 2.34. The standard InChI is InChI=1S/C19H18F3N3/c20-19(21,22)18-8-6-17(7-9-18)16-4-2-15(3-5-16)14-23-11-13-25-12-1-10-24-25/h1-10,12,23H,11,13-14H2. The van der Waals surface area contributed by atoms with Crippen molar-refractivity contribution in [2.24, 2.45) is 0 Å². The first kappa shape index (κ1) is 17.2. The van der Waals surface area contributed by atoms with Crippen LogP contribution in [0.2, 0.25) is 0 Å². The molecule has 130 valence electrons. The van der Waals surface area contributed by atoms with Crippen molar-refractivity contribution in [3.63, 3.8) is 0 Å². The van der Waals surface area contributed by atoms with Gasteiger partial charge < -0.3 is 5.32 Å². The number of nitrogens with one attached hydrogen (secondary N) is 1. The van der Waals surface area contributed by atoms with Crippen molar-refractivity contribution >= 4 is 0 Å². The average molecular weight is 345 g/mol. The molecule has 0 radical (unpaired) electrons. The quantitative estimate of drug-likeness (QED) is 0.673. The Morgan fingerprint density at radius 1 is 0.920 bits per heavy atom. The van der Waals surface area contributed by atoms with Crippen LogP contribution in [0.3, 0.4) is 0 Å². The van der Waals surface area contributed by atoms with Crippen molar-refractivity contribution in [3.8, 4) is 11.1 Å². The molecule has 0 spiro atoms.